The van der Waals surface area contributed by atoms with E-state index in [1.54, 1.807) is 12.1 Å². The lowest BCUT2D eigenvalue weighted by molar-refractivity contribution is -0.118. The molecule has 0 aliphatic heterocycles. The van der Waals surface area contributed by atoms with Gasteiger partial charge in [-0.05, 0) is 18.2 Å². The largest absolute Gasteiger partial charge is 0.399 e. The first kappa shape index (κ1) is 13.3. The molecule has 0 saturated carbocycles. The van der Waals surface area contributed by atoms with Crippen molar-refractivity contribution in [2.24, 2.45) is 0 Å². The highest BCUT2D eigenvalue weighted by atomic mass is 35.5. The average molecular weight is 256 g/mol. The Morgan fingerprint density at radius 2 is 1.94 bits per heavy atom. The van der Waals surface area contributed by atoms with Gasteiger partial charge in [0.25, 0.3) is 5.91 Å². The third-order valence-corrected chi connectivity index (χ3v) is 2.33. The number of hydrogen-bond acceptors (Lipinski definition) is 3. The van der Waals surface area contributed by atoms with Gasteiger partial charge in [0, 0.05) is 25.7 Å². The molecule has 0 radical (unpaired) electrons. The number of carbonyl (C=O) groups is 2. The zero-order valence-corrected chi connectivity index (χ0v) is 10.2. The fourth-order valence-corrected chi connectivity index (χ4v) is 1.50. The van der Waals surface area contributed by atoms with E-state index in [4.69, 9.17) is 17.3 Å². The van der Waals surface area contributed by atoms with Crippen molar-refractivity contribution in [3.05, 3.63) is 28.8 Å². The molecule has 0 aromatic heterocycles. The normalized spacial score (nSPS) is 9.76. The molecule has 6 heteroatoms. The number of anilines is 1. The van der Waals surface area contributed by atoms with Crippen LogP contribution in [0.3, 0.4) is 0 Å². The van der Waals surface area contributed by atoms with E-state index in [9.17, 15) is 9.59 Å². The van der Waals surface area contributed by atoms with Gasteiger partial charge >= 0.3 is 0 Å². The molecule has 0 unspecified atom stereocenters. The molecule has 0 bridgehead atoms. The van der Waals surface area contributed by atoms with E-state index >= 15 is 0 Å². The van der Waals surface area contributed by atoms with Crippen molar-refractivity contribution in [3.63, 3.8) is 0 Å². The highest BCUT2D eigenvalue weighted by Crippen LogP contribution is 2.18. The number of rotatable bonds is 4. The number of nitrogens with one attached hydrogen (secondary N) is 2. The first-order chi connectivity index (χ1) is 8.00. The third kappa shape index (κ3) is 4.32. The Labute approximate surface area is 104 Å². The van der Waals surface area contributed by atoms with Gasteiger partial charge < -0.3 is 16.4 Å². The zero-order valence-electron chi connectivity index (χ0n) is 9.42. The summed E-state index contributed by atoms with van der Waals surface area (Å²) in [6.45, 7) is 2.14. The lowest BCUT2D eigenvalue weighted by Gasteiger charge is -2.07. The van der Waals surface area contributed by atoms with Gasteiger partial charge in [0.1, 0.15) is 0 Å². The van der Waals surface area contributed by atoms with E-state index in [0.29, 0.717) is 29.4 Å². The lowest BCUT2D eigenvalue weighted by Crippen LogP contribution is -2.33. The van der Waals surface area contributed by atoms with Crippen molar-refractivity contribution in [2.45, 2.75) is 6.92 Å². The Morgan fingerprint density at radius 3 is 2.53 bits per heavy atom. The quantitative estimate of drug-likeness (QED) is 0.549. The standard InChI is InChI=1S/C11H14ClN3O2/c1-7(16)14-4-5-15-11(17)9-3-2-8(13)6-10(9)12/h2-3,6H,4-5,13H2,1H3,(H,14,16)(H,15,17). The van der Waals surface area contributed by atoms with Crippen LogP contribution in [0.25, 0.3) is 0 Å². The van der Waals surface area contributed by atoms with Crippen LogP contribution < -0.4 is 16.4 Å². The van der Waals surface area contributed by atoms with E-state index in [-0.39, 0.29) is 11.8 Å². The van der Waals surface area contributed by atoms with Crippen LogP contribution in [0.15, 0.2) is 18.2 Å². The van der Waals surface area contributed by atoms with Crippen LogP contribution in [0.2, 0.25) is 5.02 Å². The Bertz CT molecular complexity index is 435. The molecule has 1 aromatic rings. The monoisotopic (exact) mass is 255 g/mol. The summed E-state index contributed by atoms with van der Waals surface area (Å²) in [5, 5.41) is 5.51. The van der Waals surface area contributed by atoms with Crippen molar-refractivity contribution in [1.29, 1.82) is 0 Å². The smallest absolute Gasteiger partial charge is 0.252 e. The molecule has 4 N–H and O–H groups in total. The molecule has 0 spiro atoms. The molecule has 0 atom stereocenters. The summed E-state index contributed by atoms with van der Waals surface area (Å²) in [6, 6.07) is 4.68. The molecule has 92 valence electrons. The SMILES string of the molecule is CC(=O)NCCNC(=O)c1ccc(N)cc1Cl. The van der Waals surface area contributed by atoms with E-state index in [1.807, 2.05) is 0 Å². The lowest BCUT2D eigenvalue weighted by atomic mass is 10.2. The van der Waals surface area contributed by atoms with Crippen LogP contribution in [0, 0.1) is 0 Å². The maximum Gasteiger partial charge on any atom is 0.252 e. The van der Waals surface area contributed by atoms with Crippen LogP contribution in [0.4, 0.5) is 5.69 Å². The second kappa shape index (κ2) is 6.10. The molecule has 2 amide bonds. The van der Waals surface area contributed by atoms with Crippen molar-refractivity contribution in [1.82, 2.24) is 10.6 Å². The molecule has 1 aromatic carbocycles. The van der Waals surface area contributed by atoms with Crippen LogP contribution >= 0.6 is 11.6 Å². The Balaban J connectivity index is 2.50. The van der Waals surface area contributed by atoms with E-state index < -0.39 is 0 Å². The van der Waals surface area contributed by atoms with Crippen molar-refractivity contribution in [2.75, 3.05) is 18.8 Å². The van der Waals surface area contributed by atoms with Crippen LogP contribution in [-0.2, 0) is 4.79 Å². The summed E-state index contributed by atoms with van der Waals surface area (Å²) in [4.78, 5) is 22.3. The highest BCUT2D eigenvalue weighted by Gasteiger charge is 2.09. The third-order valence-electron chi connectivity index (χ3n) is 2.02. The second-order valence-electron chi connectivity index (χ2n) is 3.48. The number of nitrogen functional groups attached to an aromatic ring is 1. The molecule has 17 heavy (non-hydrogen) atoms. The highest BCUT2D eigenvalue weighted by molar-refractivity contribution is 6.34. The van der Waals surface area contributed by atoms with Gasteiger partial charge in [0.15, 0.2) is 0 Å². The maximum atomic E-state index is 11.7. The Morgan fingerprint density at radius 1 is 1.29 bits per heavy atom. The number of halogens is 1. The van der Waals surface area contributed by atoms with E-state index in [2.05, 4.69) is 10.6 Å². The molecule has 0 aliphatic rings. The minimum Gasteiger partial charge on any atom is -0.399 e. The minimum atomic E-state index is -0.291. The molecular weight excluding hydrogens is 242 g/mol. The van der Waals surface area contributed by atoms with E-state index in [0.717, 1.165) is 0 Å². The molecule has 1 rings (SSSR count). The van der Waals surface area contributed by atoms with Crippen molar-refractivity contribution < 1.29 is 9.59 Å². The van der Waals surface area contributed by atoms with Crippen LogP contribution in [0.5, 0.6) is 0 Å². The summed E-state index contributed by atoms with van der Waals surface area (Å²) >= 11 is 5.88. The number of benzene rings is 1. The van der Waals surface area contributed by atoms with Gasteiger partial charge in [-0.25, -0.2) is 0 Å². The first-order valence-corrected chi connectivity index (χ1v) is 5.46. The Hall–Kier alpha value is -1.75. The predicted octanol–water partition coefficient (Wildman–Crippen LogP) is 0.788. The summed E-state index contributed by atoms with van der Waals surface area (Å²) in [5.41, 5.74) is 6.39. The number of amides is 2. The number of hydrogen-bond donors (Lipinski definition) is 3. The minimum absolute atomic E-state index is 0.134. The Kier molecular flexibility index (Phi) is 4.78. The van der Waals surface area contributed by atoms with Crippen molar-refractivity contribution >= 4 is 29.1 Å². The summed E-state index contributed by atoms with van der Waals surface area (Å²) < 4.78 is 0. The van der Waals surface area contributed by atoms with Gasteiger partial charge in [0.2, 0.25) is 5.91 Å². The molecule has 0 fully saturated rings. The van der Waals surface area contributed by atoms with Gasteiger partial charge in [-0.3, -0.25) is 9.59 Å². The van der Waals surface area contributed by atoms with Gasteiger partial charge in [-0.1, -0.05) is 11.6 Å². The molecular formula is C11H14ClN3O2. The van der Waals surface area contributed by atoms with Gasteiger partial charge in [-0.15, -0.1) is 0 Å². The van der Waals surface area contributed by atoms with Gasteiger partial charge in [-0.2, -0.15) is 0 Å². The molecule has 0 aliphatic carbocycles. The van der Waals surface area contributed by atoms with Crippen LogP contribution in [0.1, 0.15) is 17.3 Å². The summed E-state index contributed by atoms with van der Waals surface area (Å²) in [5.74, 6) is -0.426. The predicted molar refractivity (Wildman–Crippen MR) is 66.9 cm³/mol. The van der Waals surface area contributed by atoms with E-state index in [1.165, 1.54) is 13.0 Å². The summed E-state index contributed by atoms with van der Waals surface area (Å²) in [7, 11) is 0. The summed E-state index contributed by atoms with van der Waals surface area (Å²) in [6.07, 6.45) is 0. The molecule has 0 saturated heterocycles. The first-order valence-electron chi connectivity index (χ1n) is 5.08. The zero-order chi connectivity index (χ0) is 12.8. The van der Waals surface area contributed by atoms with Crippen LogP contribution in [-0.4, -0.2) is 24.9 Å². The number of nitrogens with two attached hydrogens (primary N) is 1. The van der Waals surface area contributed by atoms with Gasteiger partial charge in [0.05, 0.1) is 10.6 Å². The second-order valence-corrected chi connectivity index (χ2v) is 3.89. The van der Waals surface area contributed by atoms with Crippen molar-refractivity contribution in [3.8, 4) is 0 Å². The maximum absolute atomic E-state index is 11.7. The fourth-order valence-electron chi connectivity index (χ4n) is 1.23. The topological polar surface area (TPSA) is 84.2 Å². The fraction of sp³-hybridized carbons (Fsp3) is 0.273. The average Bonchev–Trinajstić information content (AvgIpc) is 2.23. The number of carbonyl (C=O) groups excluding carboxylic acids is 2. The molecule has 5 nitrogen and oxygen atoms in total. The molecule has 0 heterocycles.